The highest BCUT2D eigenvalue weighted by molar-refractivity contribution is 7.11. The second kappa shape index (κ2) is 9.73. The minimum absolute atomic E-state index is 0.0225. The molecular weight excluding hydrogens is 425 g/mol. The molecule has 0 bridgehead atoms. The Morgan fingerprint density at radius 3 is 2.73 bits per heavy atom. The lowest BCUT2D eigenvalue weighted by Gasteiger charge is -2.16. The van der Waals surface area contributed by atoms with Crippen LogP contribution in [0, 0.1) is 19.7 Å². The molecule has 0 fully saturated rings. The van der Waals surface area contributed by atoms with Gasteiger partial charge >= 0.3 is 0 Å². The van der Waals surface area contributed by atoms with Crippen LogP contribution in [0.1, 0.15) is 21.0 Å². The summed E-state index contributed by atoms with van der Waals surface area (Å²) >= 11 is 7.48. The van der Waals surface area contributed by atoms with Crippen LogP contribution in [0.25, 0.3) is 0 Å². The number of rotatable bonds is 7. The first kappa shape index (κ1) is 21.8. The zero-order valence-electron chi connectivity index (χ0n) is 16.8. The third kappa shape index (κ3) is 5.17. The average Bonchev–Trinajstić information content (AvgIpc) is 3.14. The molecule has 3 rings (SSSR count). The third-order valence-corrected chi connectivity index (χ3v) is 5.38. The summed E-state index contributed by atoms with van der Waals surface area (Å²) in [6, 6.07) is 8.10. The van der Waals surface area contributed by atoms with Crippen LogP contribution in [0.3, 0.4) is 0 Å². The van der Waals surface area contributed by atoms with Gasteiger partial charge < -0.3 is 14.8 Å². The summed E-state index contributed by atoms with van der Waals surface area (Å²) in [7, 11) is 1.58. The summed E-state index contributed by atoms with van der Waals surface area (Å²) < 4.78 is 25.0. The van der Waals surface area contributed by atoms with E-state index >= 15 is 0 Å². The van der Waals surface area contributed by atoms with Gasteiger partial charge in [0.1, 0.15) is 18.3 Å². The van der Waals surface area contributed by atoms with E-state index < -0.39 is 5.82 Å². The van der Waals surface area contributed by atoms with E-state index in [2.05, 4.69) is 21.9 Å². The quantitative estimate of drug-likeness (QED) is 0.350. The summed E-state index contributed by atoms with van der Waals surface area (Å²) in [6.45, 7) is 7.98. The Hall–Kier alpha value is -2.90. The Kier molecular flexibility index (Phi) is 7.07. The van der Waals surface area contributed by atoms with Crippen LogP contribution in [0.4, 0.5) is 10.1 Å². The molecule has 0 aliphatic heterocycles. The summed E-state index contributed by atoms with van der Waals surface area (Å²) in [5.41, 5.74) is 2.29. The van der Waals surface area contributed by atoms with E-state index in [1.807, 2.05) is 26.0 Å². The number of nitrogens with zero attached hydrogens (tertiary/aromatic N) is 2. The van der Waals surface area contributed by atoms with Crippen molar-refractivity contribution < 1.29 is 13.9 Å². The highest BCUT2D eigenvalue weighted by atomic mass is 35.5. The number of hydrogen-bond donors (Lipinski definition) is 1. The van der Waals surface area contributed by atoms with Gasteiger partial charge in [0.15, 0.2) is 11.5 Å². The SMILES string of the molecule is C=CN=C(Nc1ccc(F)c(Cl)c1)c1cc(OC)c(OCc2cnc(C)s2)cc1C. The van der Waals surface area contributed by atoms with Crippen molar-refractivity contribution in [3.05, 3.63) is 81.2 Å². The number of nitrogens with one attached hydrogen (secondary N) is 1. The van der Waals surface area contributed by atoms with Gasteiger partial charge in [-0.3, -0.25) is 0 Å². The molecule has 0 unspecified atom stereocenters. The number of amidine groups is 1. The first-order valence-electron chi connectivity index (χ1n) is 9.05. The minimum Gasteiger partial charge on any atom is -0.493 e. The number of benzene rings is 2. The van der Waals surface area contributed by atoms with Crippen molar-refractivity contribution in [3.63, 3.8) is 0 Å². The molecule has 0 saturated carbocycles. The van der Waals surface area contributed by atoms with E-state index in [0.29, 0.717) is 29.6 Å². The van der Waals surface area contributed by atoms with Gasteiger partial charge in [0.2, 0.25) is 0 Å². The zero-order chi connectivity index (χ0) is 21.7. The van der Waals surface area contributed by atoms with E-state index in [1.165, 1.54) is 18.3 Å². The van der Waals surface area contributed by atoms with E-state index in [-0.39, 0.29) is 5.02 Å². The predicted octanol–water partition coefficient (Wildman–Crippen LogP) is 6.14. The zero-order valence-corrected chi connectivity index (χ0v) is 18.4. The number of aryl methyl sites for hydroxylation is 2. The van der Waals surface area contributed by atoms with E-state index in [1.54, 1.807) is 30.7 Å². The van der Waals surface area contributed by atoms with Crippen LogP contribution >= 0.6 is 22.9 Å². The van der Waals surface area contributed by atoms with Gasteiger partial charge in [0.25, 0.3) is 0 Å². The smallest absolute Gasteiger partial charge is 0.162 e. The second-order valence-corrected chi connectivity index (χ2v) is 8.09. The number of hydrogen-bond acceptors (Lipinski definition) is 5. The standard InChI is InChI=1S/C22H21ClFN3O2S/c1-5-25-22(27-15-6-7-19(24)18(23)9-15)17-10-20(28-4)21(8-13(17)2)29-12-16-11-26-14(3)30-16/h5-11H,1,12H2,2-4H3,(H,25,27). The molecule has 3 aromatic rings. The van der Waals surface area contributed by atoms with Crippen molar-refractivity contribution >= 4 is 34.5 Å². The molecule has 30 heavy (non-hydrogen) atoms. The minimum atomic E-state index is -0.486. The largest absolute Gasteiger partial charge is 0.493 e. The highest BCUT2D eigenvalue weighted by Gasteiger charge is 2.15. The Morgan fingerprint density at radius 1 is 1.30 bits per heavy atom. The number of halogens is 2. The van der Waals surface area contributed by atoms with Gasteiger partial charge in [0.05, 0.1) is 22.0 Å². The first-order chi connectivity index (χ1) is 14.4. The summed E-state index contributed by atoms with van der Waals surface area (Å²) in [6.07, 6.45) is 3.23. The monoisotopic (exact) mass is 445 g/mol. The van der Waals surface area contributed by atoms with Crippen LogP contribution in [-0.4, -0.2) is 17.9 Å². The lowest BCUT2D eigenvalue weighted by Crippen LogP contribution is -2.15. The number of methoxy groups -OCH3 is 1. The molecule has 156 valence electrons. The fourth-order valence-electron chi connectivity index (χ4n) is 2.78. The van der Waals surface area contributed by atoms with Crippen molar-refractivity contribution in [2.45, 2.75) is 20.5 Å². The maximum atomic E-state index is 13.5. The molecule has 0 atom stereocenters. The van der Waals surface area contributed by atoms with Crippen molar-refractivity contribution in [1.82, 2.24) is 4.98 Å². The predicted molar refractivity (Wildman–Crippen MR) is 121 cm³/mol. The maximum Gasteiger partial charge on any atom is 0.162 e. The topological polar surface area (TPSA) is 55.7 Å². The lowest BCUT2D eigenvalue weighted by atomic mass is 10.1. The Balaban J connectivity index is 1.89. The first-order valence-corrected chi connectivity index (χ1v) is 10.2. The Morgan fingerprint density at radius 2 is 2.10 bits per heavy atom. The van der Waals surface area contributed by atoms with Gasteiger partial charge in [-0.25, -0.2) is 14.4 Å². The molecule has 0 spiro atoms. The van der Waals surface area contributed by atoms with Crippen molar-refractivity contribution in [3.8, 4) is 11.5 Å². The maximum absolute atomic E-state index is 13.5. The highest BCUT2D eigenvalue weighted by Crippen LogP contribution is 2.32. The van der Waals surface area contributed by atoms with Crippen LogP contribution in [-0.2, 0) is 6.61 Å². The molecule has 0 aliphatic carbocycles. The third-order valence-electron chi connectivity index (χ3n) is 4.21. The molecule has 0 aliphatic rings. The molecule has 8 heteroatoms. The van der Waals surface area contributed by atoms with Crippen molar-refractivity contribution in [1.29, 1.82) is 0 Å². The molecule has 0 amide bonds. The van der Waals surface area contributed by atoms with Crippen LogP contribution < -0.4 is 14.8 Å². The number of ether oxygens (including phenoxy) is 2. The van der Waals surface area contributed by atoms with Crippen LogP contribution in [0.15, 0.2) is 54.3 Å². The van der Waals surface area contributed by atoms with Crippen LogP contribution in [0.5, 0.6) is 11.5 Å². The fourth-order valence-corrected chi connectivity index (χ4v) is 3.67. The summed E-state index contributed by atoms with van der Waals surface area (Å²) in [4.78, 5) is 9.60. The van der Waals surface area contributed by atoms with Gasteiger partial charge in [-0.2, -0.15) is 0 Å². The van der Waals surface area contributed by atoms with Crippen LogP contribution in [0.2, 0.25) is 5.02 Å². The molecular formula is C22H21ClFN3O2S. The number of thiazole rings is 1. The van der Waals surface area contributed by atoms with E-state index in [4.69, 9.17) is 21.1 Å². The average molecular weight is 446 g/mol. The molecule has 5 nitrogen and oxygen atoms in total. The van der Waals surface area contributed by atoms with Gasteiger partial charge in [-0.05, 0) is 49.7 Å². The van der Waals surface area contributed by atoms with Crippen molar-refractivity contribution in [2.75, 3.05) is 12.4 Å². The molecule has 1 aromatic heterocycles. The number of aromatic nitrogens is 1. The Labute approximate surface area is 183 Å². The molecule has 0 saturated heterocycles. The van der Waals surface area contributed by atoms with E-state index in [9.17, 15) is 4.39 Å². The second-order valence-electron chi connectivity index (χ2n) is 6.37. The number of anilines is 1. The van der Waals surface area contributed by atoms with E-state index in [0.717, 1.165) is 21.0 Å². The molecule has 0 radical (unpaired) electrons. The normalized spacial score (nSPS) is 11.3. The number of aliphatic imine (C=N–C) groups is 1. The summed E-state index contributed by atoms with van der Waals surface area (Å²) in [5, 5.41) is 4.17. The Bertz CT molecular complexity index is 1100. The summed E-state index contributed by atoms with van der Waals surface area (Å²) in [5.74, 6) is 1.22. The fraction of sp³-hybridized carbons (Fsp3) is 0.182. The van der Waals surface area contributed by atoms with Crippen molar-refractivity contribution in [2.24, 2.45) is 4.99 Å². The molecule has 1 N–H and O–H groups in total. The lowest BCUT2D eigenvalue weighted by molar-refractivity contribution is 0.287. The van der Waals surface area contributed by atoms with Gasteiger partial charge in [0, 0.05) is 23.6 Å². The molecule has 2 aromatic carbocycles. The van der Waals surface area contributed by atoms with Gasteiger partial charge in [-0.15, -0.1) is 11.3 Å². The molecule has 1 heterocycles. The van der Waals surface area contributed by atoms with Gasteiger partial charge in [-0.1, -0.05) is 18.2 Å².